The van der Waals surface area contributed by atoms with Gasteiger partial charge in [0.2, 0.25) is 0 Å². The minimum Gasteiger partial charge on any atom is -0.354 e. The van der Waals surface area contributed by atoms with E-state index in [1.807, 2.05) is 18.2 Å². The van der Waals surface area contributed by atoms with E-state index < -0.39 is 0 Å². The van der Waals surface area contributed by atoms with Gasteiger partial charge in [0.05, 0.1) is 11.3 Å². The van der Waals surface area contributed by atoms with Crippen LogP contribution in [0.25, 0.3) is 6.08 Å². The van der Waals surface area contributed by atoms with Crippen LogP contribution in [0.4, 0.5) is 5.82 Å². The molecule has 6 nitrogen and oxygen atoms in total. The Morgan fingerprint density at radius 1 is 1.29 bits per heavy atom. The highest BCUT2D eigenvalue weighted by Gasteiger charge is 2.22. The Morgan fingerprint density at radius 2 is 2.12 bits per heavy atom. The van der Waals surface area contributed by atoms with E-state index >= 15 is 0 Å². The lowest BCUT2D eigenvalue weighted by atomic mass is 10.0. The number of nitriles is 1. The highest BCUT2D eigenvalue weighted by atomic mass is 15.3. The number of allylic oxidation sites excluding steroid dienone is 5. The van der Waals surface area contributed by atoms with Crippen molar-refractivity contribution >= 4 is 17.9 Å². The van der Waals surface area contributed by atoms with Gasteiger partial charge in [-0.1, -0.05) is 44.6 Å². The number of hydrogen-bond donors (Lipinski definition) is 2. The van der Waals surface area contributed by atoms with Gasteiger partial charge in [0, 0.05) is 31.9 Å². The third-order valence-electron chi connectivity index (χ3n) is 6.46. The lowest BCUT2D eigenvalue weighted by Gasteiger charge is -2.26. The summed E-state index contributed by atoms with van der Waals surface area (Å²) in [5, 5.41) is 21.8. The first-order valence-corrected chi connectivity index (χ1v) is 12.5. The van der Waals surface area contributed by atoms with Crippen molar-refractivity contribution in [3.63, 3.8) is 0 Å². The number of aromatic nitrogens is 1. The molecule has 0 amide bonds. The topological polar surface area (TPSA) is 79.0 Å². The van der Waals surface area contributed by atoms with Crippen molar-refractivity contribution in [2.45, 2.75) is 59.3 Å². The maximum Gasteiger partial charge on any atom is 0.195 e. The van der Waals surface area contributed by atoms with Crippen molar-refractivity contribution in [1.82, 2.24) is 15.2 Å². The van der Waals surface area contributed by atoms with Crippen LogP contribution in [0.1, 0.15) is 69.7 Å². The number of rotatable bonds is 7. The van der Waals surface area contributed by atoms with Crippen LogP contribution in [0.5, 0.6) is 0 Å². The van der Waals surface area contributed by atoms with Crippen molar-refractivity contribution in [3.8, 4) is 6.07 Å². The summed E-state index contributed by atoms with van der Waals surface area (Å²) in [6.45, 7) is 13.5. The van der Waals surface area contributed by atoms with Crippen LogP contribution in [0.15, 0.2) is 47.7 Å². The molecular formula is C28H38N6. The van der Waals surface area contributed by atoms with Crippen LogP contribution in [0.3, 0.4) is 0 Å². The Labute approximate surface area is 204 Å². The summed E-state index contributed by atoms with van der Waals surface area (Å²) in [6.07, 6.45) is 14.2. The first-order chi connectivity index (χ1) is 16.5. The molecule has 0 unspecified atom stereocenters. The highest BCUT2D eigenvalue weighted by Crippen LogP contribution is 2.24. The van der Waals surface area contributed by atoms with Crippen molar-refractivity contribution < 1.29 is 0 Å². The zero-order valence-corrected chi connectivity index (χ0v) is 21.0. The molecule has 0 atom stereocenters. The molecule has 0 spiro atoms. The molecule has 1 aromatic heterocycles. The second-order valence-electron chi connectivity index (χ2n) is 9.05. The summed E-state index contributed by atoms with van der Waals surface area (Å²) in [5.74, 6) is 1.19. The molecule has 1 fully saturated rings. The first kappa shape index (κ1) is 25.3. The molecule has 180 valence electrons. The number of nitrogens with one attached hydrogen (secondary N) is 2. The quantitative estimate of drug-likeness (QED) is 0.318. The number of guanidine groups is 1. The fraction of sp³-hybridized carbons (Fsp3) is 0.464. The van der Waals surface area contributed by atoms with Crippen molar-refractivity contribution in [2.75, 3.05) is 31.1 Å². The minimum atomic E-state index is 0.440. The summed E-state index contributed by atoms with van der Waals surface area (Å²) in [5.41, 5.74) is 6.04. The predicted molar refractivity (Wildman–Crippen MR) is 142 cm³/mol. The number of pyridine rings is 1. The van der Waals surface area contributed by atoms with Gasteiger partial charge in [-0.05, 0) is 68.4 Å². The molecule has 2 aliphatic rings. The standard InChI is InChI=1S/C28H38N6/c1-5-10-21(3)13-14-26-23(6-2)19-24(20-29)27(31-26)33-15-9-16-34(18-17-33)28(30)32-25-12-8-7-11-22(25)4/h8,12-14,19H,3,5-7,9-11,15-18H2,1-2,4H3,(H2,30,32)/b14-13-. The molecule has 0 saturated carbocycles. The third kappa shape index (κ3) is 6.38. The van der Waals surface area contributed by atoms with E-state index in [-0.39, 0.29) is 0 Å². The van der Waals surface area contributed by atoms with E-state index in [1.165, 1.54) is 5.57 Å². The van der Waals surface area contributed by atoms with E-state index in [2.05, 4.69) is 60.7 Å². The summed E-state index contributed by atoms with van der Waals surface area (Å²) < 4.78 is 0. The lowest BCUT2D eigenvalue weighted by Crippen LogP contribution is -2.42. The maximum atomic E-state index is 9.85. The van der Waals surface area contributed by atoms with Crippen LogP contribution in [0.2, 0.25) is 0 Å². The van der Waals surface area contributed by atoms with Gasteiger partial charge in [-0.15, -0.1) is 0 Å². The Kier molecular flexibility index (Phi) is 9.09. The molecule has 1 aliphatic heterocycles. The smallest absolute Gasteiger partial charge is 0.195 e. The van der Waals surface area contributed by atoms with Gasteiger partial charge in [0.25, 0.3) is 0 Å². The summed E-state index contributed by atoms with van der Waals surface area (Å²) in [6, 6.07) is 4.35. The number of nitrogens with zero attached hydrogens (tertiary/aromatic N) is 4. The normalized spacial score (nSPS) is 16.5. The molecule has 0 radical (unpaired) electrons. The number of anilines is 1. The summed E-state index contributed by atoms with van der Waals surface area (Å²) in [4.78, 5) is 9.25. The summed E-state index contributed by atoms with van der Waals surface area (Å²) in [7, 11) is 0. The van der Waals surface area contributed by atoms with Gasteiger partial charge < -0.3 is 15.1 Å². The van der Waals surface area contributed by atoms with Crippen LogP contribution >= 0.6 is 0 Å². The monoisotopic (exact) mass is 458 g/mol. The molecule has 6 heteroatoms. The van der Waals surface area contributed by atoms with Crippen molar-refractivity contribution in [1.29, 1.82) is 10.7 Å². The largest absolute Gasteiger partial charge is 0.354 e. The molecule has 2 heterocycles. The molecule has 0 bridgehead atoms. The highest BCUT2D eigenvalue weighted by molar-refractivity contribution is 5.79. The van der Waals surface area contributed by atoms with Gasteiger partial charge in [0.15, 0.2) is 5.96 Å². The zero-order valence-electron chi connectivity index (χ0n) is 21.0. The number of aryl methyl sites for hydroxylation is 1. The van der Waals surface area contributed by atoms with Crippen molar-refractivity contribution in [3.05, 3.63) is 64.5 Å². The van der Waals surface area contributed by atoms with E-state index in [9.17, 15) is 5.26 Å². The van der Waals surface area contributed by atoms with Gasteiger partial charge >= 0.3 is 0 Å². The van der Waals surface area contributed by atoms with Crippen LogP contribution in [0, 0.1) is 16.7 Å². The van der Waals surface area contributed by atoms with Gasteiger partial charge in [-0.25, -0.2) is 4.98 Å². The maximum absolute atomic E-state index is 9.85. The fourth-order valence-corrected chi connectivity index (χ4v) is 4.40. The average molecular weight is 459 g/mol. The van der Waals surface area contributed by atoms with E-state index in [0.717, 1.165) is 86.5 Å². The Balaban J connectivity index is 1.77. The van der Waals surface area contributed by atoms with E-state index in [0.29, 0.717) is 18.1 Å². The Morgan fingerprint density at radius 3 is 2.82 bits per heavy atom. The number of hydrogen-bond acceptors (Lipinski definition) is 4. The molecule has 1 saturated heterocycles. The SMILES string of the molecule is C=C(/C=C\c1nc(N2CCCN(C(=N)NC3=C(C)CCC=C3)CC2)c(C#N)cc1CC)CCC. The van der Waals surface area contributed by atoms with Gasteiger partial charge in [0.1, 0.15) is 11.9 Å². The van der Waals surface area contributed by atoms with Crippen LogP contribution in [-0.4, -0.2) is 42.0 Å². The molecule has 1 aliphatic carbocycles. The average Bonchev–Trinajstić information content (AvgIpc) is 3.10. The molecular weight excluding hydrogens is 420 g/mol. The molecule has 3 rings (SSSR count). The molecule has 1 aromatic rings. The fourth-order valence-electron chi connectivity index (χ4n) is 4.40. The minimum absolute atomic E-state index is 0.440. The Bertz CT molecular complexity index is 1040. The molecule has 0 aromatic carbocycles. The van der Waals surface area contributed by atoms with Gasteiger partial charge in [-0.2, -0.15) is 5.26 Å². The second kappa shape index (κ2) is 12.2. The lowest BCUT2D eigenvalue weighted by molar-refractivity contribution is 0.432. The third-order valence-corrected chi connectivity index (χ3v) is 6.46. The second-order valence-corrected chi connectivity index (χ2v) is 9.05. The Hall–Kier alpha value is -3.33. The zero-order chi connectivity index (χ0) is 24.5. The van der Waals surface area contributed by atoms with Crippen LogP contribution < -0.4 is 10.2 Å². The van der Waals surface area contributed by atoms with E-state index in [1.54, 1.807) is 0 Å². The molecule has 2 N–H and O–H groups in total. The summed E-state index contributed by atoms with van der Waals surface area (Å²) >= 11 is 0. The predicted octanol–water partition coefficient (Wildman–Crippen LogP) is 5.55. The first-order valence-electron chi connectivity index (χ1n) is 12.5. The molecule has 34 heavy (non-hydrogen) atoms. The van der Waals surface area contributed by atoms with Crippen molar-refractivity contribution in [2.24, 2.45) is 0 Å². The van der Waals surface area contributed by atoms with Crippen LogP contribution in [-0.2, 0) is 6.42 Å². The van der Waals surface area contributed by atoms with Gasteiger partial charge in [-0.3, -0.25) is 5.41 Å². The van der Waals surface area contributed by atoms with E-state index in [4.69, 9.17) is 10.4 Å².